The molecule has 2 rings (SSSR count). The second kappa shape index (κ2) is 5.59. The number of halogens is 2. The Morgan fingerprint density at radius 1 is 1.16 bits per heavy atom. The normalized spacial score (nSPS) is 10.8. The second-order valence-electron chi connectivity index (χ2n) is 4.07. The summed E-state index contributed by atoms with van der Waals surface area (Å²) < 4.78 is 5.41. The third-order valence-corrected chi connectivity index (χ3v) is 2.98. The first kappa shape index (κ1) is 13.8. The van der Waals surface area contributed by atoms with Crippen LogP contribution in [-0.2, 0) is 0 Å². The van der Waals surface area contributed by atoms with Gasteiger partial charge in [0.1, 0.15) is 0 Å². The molecule has 0 amide bonds. The van der Waals surface area contributed by atoms with E-state index >= 15 is 0 Å². The van der Waals surface area contributed by atoms with Crippen LogP contribution in [0.5, 0.6) is 6.01 Å². The molecule has 0 saturated heterocycles. The molecule has 2 aromatic rings. The summed E-state index contributed by atoms with van der Waals surface area (Å²) in [7, 11) is 0. The van der Waals surface area contributed by atoms with E-state index in [9.17, 15) is 0 Å². The first-order valence-corrected chi connectivity index (χ1v) is 6.35. The number of rotatable bonds is 3. The first-order valence-electron chi connectivity index (χ1n) is 5.60. The lowest BCUT2D eigenvalue weighted by Crippen LogP contribution is -2.11. The average Bonchev–Trinajstić information content (AvgIpc) is 2.31. The molecule has 0 aliphatic rings. The Morgan fingerprint density at radius 3 is 2.58 bits per heavy atom. The summed E-state index contributed by atoms with van der Waals surface area (Å²) in [6.07, 6.45) is -0.0653. The van der Waals surface area contributed by atoms with Crippen LogP contribution in [0.4, 0.5) is 5.95 Å². The molecule has 1 aromatic heterocycles. The predicted molar refractivity (Wildman–Crippen MR) is 75.5 cm³/mol. The highest BCUT2D eigenvalue weighted by atomic mass is 35.5. The largest absolute Gasteiger partial charge is 0.461 e. The van der Waals surface area contributed by atoms with Crippen molar-refractivity contribution < 1.29 is 4.74 Å². The first-order chi connectivity index (χ1) is 8.97. The van der Waals surface area contributed by atoms with Crippen molar-refractivity contribution in [1.82, 2.24) is 15.0 Å². The van der Waals surface area contributed by atoms with Crippen LogP contribution in [0.3, 0.4) is 0 Å². The monoisotopic (exact) mass is 298 g/mol. The van der Waals surface area contributed by atoms with Gasteiger partial charge in [-0.25, -0.2) is 0 Å². The standard InChI is InChI=1S/C12H12Cl2N4O/c1-6(2)19-12-17-10(16-11(15)18-12)7-4-3-5-8(13)9(7)14/h3-6H,1-2H3,(H2,15,16,17,18). The highest BCUT2D eigenvalue weighted by Gasteiger charge is 2.13. The Morgan fingerprint density at radius 2 is 1.89 bits per heavy atom. The maximum atomic E-state index is 6.12. The van der Waals surface area contributed by atoms with Gasteiger partial charge in [-0.3, -0.25) is 0 Å². The zero-order chi connectivity index (χ0) is 14.0. The fourth-order valence-electron chi connectivity index (χ4n) is 1.43. The lowest BCUT2D eigenvalue weighted by Gasteiger charge is -2.10. The molecule has 1 aromatic carbocycles. The van der Waals surface area contributed by atoms with E-state index in [0.29, 0.717) is 21.4 Å². The van der Waals surface area contributed by atoms with E-state index in [1.165, 1.54) is 0 Å². The summed E-state index contributed by atoms with van der Waals surface area (Å²) in [6.45, 7) is 3.73. The average molecular weight is 299 g/mol. The molecule has 0 radical (unpaired) electrons. The van der Waals surface area contributed by atoms with Crippen molar-refractivity contribution in [2.75, 3.05) is 5.73 Å². The minimum Gasteiger partial charge on any atom is -0.461 e. The maximum absolute atomic E-state index is 6.12. The van der Waals surface area contributed by atoms with E-state index in [1.807, 2.05) is 13.8 Å². The van der Waals surface area contributed by atoms with Crippen LogP contribution in [0.2, 0.25) is 10.0 Å². The summed E-state index contributed by atoms with van der Waals surface area (Å²) in [4.78, 5) is 12.1. The van der Waals surface area contributed by atoms with E-state index in [1.54, 1.807) is 18.2 Å². The van der Waals surface area contributed by atoms with E-state index in [-0.39, 0.29) is 18.1 Å². The number of aromatic nitrogens is 3. The highest BCUT2D eigenvalue weighted by Crippen LogP contribution is 2.32. The van der Waals surface area contributed by atoms with Gasteiger partial charge in [0.25, 0.3) is 0 Å². The van der Waals surface area contributed by atoms with Gasteiger partial charge in [0.15, 0.2) is 5.82 Å². The van der Waals surface area contributed by atoms with Gasteiger partial charge in [-0.05, 0) is 26.0 Å². The van der Waals surface area contributed by atoms with Crippen molar-refractivity contribution in [1.29, 1.82) is 0 Å². The SMILES string of the molecule is CC(C)Oc1nc(N)nc(-c2cccc(Cl)c2Cl)n1. The molecular formula is C12H12Cl2N4O. The van der Waals surface area contributed by atoms with Crippen LogP contribution in [0.1, 0.15) is 13.8 Å². The molecule has 100 valence electrons. The number of anilines is 1. The summed E-state index contributed by atoms with van der Waals surface area (Å²) in [6, 6.07) is 5.35. The highest BCUT2D eigenvalue weighted by molar-refractivity contribution is 6.43. The van der Waals surface area contributed by atoms with Crippen LogP contribution in [0.15, 0.2) is 18.2 Å². The lowest BCUT2D eigenvalue weighted by molar-refractivity contribution is 0.222. The minimum absolute atomic E-state index is 0.0653. The molecular weight excluding hydrogens is 287 g/mol. The van der Waals surface area contributed by atoms with Crippen molar-refractivity contribution in [3.63, 3.8) is 0 Å². The molecule has 7 heteroatoms. The molecule has 0 aliphatic carbocycles. The van der Waals surface area contributed by atoms with Gasteiger partial charge in [0, 0.05) is 5.56 Å². The molecule has 0 saturated carbocycles. The molecule has 0 bridgehead atoms. The van der Waals surface area contributed by atoms with Crippen molar-refractivity contribution in [2.45, 2.75) is 20.0 Å². The van der Waals surface area contributed by atoms with Crippen LogP contribution in [-0.4, -0.2) is 21.1 Å². The van der Waals surface area contributed by atoms with Gasteiger partial charge >= 0.3 is 6.01 Å². The van der Waals surface area contributed by atoms with Gasteiger partial charge in [-0.15, -0.1) is 0 Å². The van der Waals surface area contributed by atoms with E-state index in [2.05, 4.69) is 15.0 Å². The van der Waals surface area contributed by atoms with Gasteiger partial charge in [0.05, 0.1) is 16.1 Å². The number of nitrogens with zero attached hydrogens (tertiary/aromatic N) is 3. The Kier molecular flexibility index (Phi) is 4.07. The minimum atomic E-state index is -0.0653. The van der Waals surface area contributed by atoms with E-state index in [0.717, 1.165) is 0 Å². The van der Waals surface area contributed by atoms with Gasteiger partial charge in [0.2, 0.25) is 5.95 Å². The zero-order valence-corrected chi connectivity index (χ0v) is 11.9. The number of hydrogen-bond acceptors (Lipinski definition) is 5. The molecule has 19 heavy (non-hydrogen) atoms. The van der Waals surface area contributed by atoms with E-state index in [4.69, 9.17) is 33.7 Å². The molecule has 0 fully saturated rings. The number of hydrogen-bond donors (Lipinski definition) is 1. The quantitative estimate of drug-likeness (QED) is 0.942. The van der Waals surface area contributed by atoms with Crippen molar-refractivity contribution in [2.24, 2.45) is 0 Å². The van der Waals surface area contributed by atoms with Crippen LogP contribution in [0.25, 0.3) is 11.4 Å². The molecule has 2 N–H and O–H groups in total. The fourth-order valence-corrected chi connectivity index (χ4v) is 1.82. The number of benzene rings is 1. The third-order valence-electron chi connectivity index (χ3n) is 2.17. The van der Waals surface area contributed by atoms with Gasteiger partial charge in [-0.1, -0.05) is 29.3 Å². The van der Waals surface area contributed by atoms with Crippen molar-refractivity contribution in [3.8, 4) is 17.4 Å². The van der Waals surface area contributed by atoms with Crippen molar-refractivity contribution >= 4 is 29.2 Å². The lowest BCUT2D eigenvalue weighted by atomic mass is 10.2. The Labute approximate surface area is 120 Å². The topological polar surface area (TPSA) is 73.9 Å². The summed E-state index contributed by atoms with van der Waals surface area (Å²) in [5, 5.41) is 0.787. The second-order valence-corrected chi connectivity index (χ2v) is 4.85. The number of nitrogens with two attached hydrogens (primary N) is 1. The smallest absolute Gasteiger partial charge is 0.322 e. The molecule has 0 spiro atoms. The number of nitrogen functional groups attached to an aromatic ring is 1. The third kappa shape index (κ3) is 3.24. The van der Waals surface area contributed by atoms with Crippen LogP contribution < -0.4 is 10.5 Å². The maximum Gasteiger partial charge on any atom is 0.322 e. The molecule has 5 nitrogen and oxygen atoms in total. The van der Waals surface area contributed by atoms with Crippen molar-refractivity contribution in [3.05, 3.63) is 28.2 Å². The van der Waals surface area contributed by atoms with Crippen LogP contribution in [0, 0.1) is 0 Å². The zero-order valence-electron chi connectivity index (χ0n) is 10.4. The molecule has 0 atom stereocenters. The fraction of sp³-hybridized carbons (Fsp3) is 0.250. The predicted octanol–water partition coefficient (Wildman–Crippen LogP) is 3.21. The molecule has 0 aliphatic heterocycles. The molecule has 0 unspecified atom stereocenters. The van der Waals surface area contributed by atoms with Gasteiger partial charge in [-0.2, -0.15) is 15.0 Å². The Hall–Kier alpha value is -1.59. The molecule has 1 heterocycles. The summed E-state index contributed by atoms with van der Waals surface area (Å²) >= 11 is 12.1. The Bertz CT molecular complexity index is 604. The van der Waals surface area contributed by atoms with E-state index < -0.39 is 0 Å². The summed E-state index contributed by atoms with van der Waals surface area (Å²) in [5.41, 5.74) is 6.22. The Balaban J connectivity index is 2.50. The van der Waals surface area contributed by atoms with Crippen LogP contribution >= 0.6 is 23.2 Å². The summed E-state index contributed by atoms with van der Waals surface area (Å²) in [5.74, 6) is 0.396. The van der Waals surface area contributed by atoms with Gasteiger partial charge < -0.3 is 10.5 Å². The number of ether oxygens (including phenoxy) is 1.